The minimum Gasteiger partial charge on any atom is -0.481 e. The number of ether oxygens (including phenoxy) is 2. The molecule has 0 atom stereocenters. The lowest BCUT2D eigenvalue weighted by Gasteiger charge is -2.35. The van der Waals surface area contributed by atoms with Gasteiger partial charge in [0.15, 0.2) is 0 Å². The number of pyridine rings is 1. The molecule has 2 rings (SSSR count). The van der Waals surface area contributed by atoms with Gasteiger partial charge < -0.3 is 14.4 Å². The quantitative estimate of drug-likeness (QED) is 0.687. The Labute approximate surface area is 151 Å². The summed E-state index contributed by atoms with van der Waals surface area (Å²) in [6, 6.07) is 1.98. The molecule has 1 fully saturated rings. The molecule has 1 aliphatic heterocycles. The average molecular weight is 433 g/mol. The summed E-state index contributed by atoms with van der Waals surface area (Å²) < 4.78 is 11.9. The lowest BCUT2D eigenvalue weighted by Crippen LogP contribution is -2.49. The van der Waals surface area contributed by atoms with Gasteiger partial charge >= 0.3 is 6.09 Å². The van der Waals surface area contributed by atoms with Crippen LogP contribution in [0.5, 0.6) is 5.88 Å². The van der Waals surface area contributed by atoms with Crippen molar-refractivity contribution >= 4 is 28.7 Å². The first-order valence-electron chi connectivity index (χ1n) is 7.68. The van der Waals surface area contributed by atoms with Crippen LogP contribution in [0.4, 0.5) is 4.79 Å². The molecule has 1 saturated heterocycles. The molecule has 128 valence electrons. The van der Waals surface area contributed by atoms with Crippen molar-refractivity contribution < 1.29 is 14.3 Å². The normalized spacial score (nSPS) is 16.3. The Bertz CT molecular complexity index is 552. The van der Waals surface area contributed by atoms with Crippen LogP contribution >= 0.6 is 22.6 Å². The lowest BCUT2D eigenvalue weighted by molar-refractivity contribution is 0.0138. The first kappa shape index (κ1) is 18.3. The van der Waals surface area contributed by atoms with Crippen molar-refractivity contribution in [2.24, 2.45) is 0 Å². The van der Waals surface area contributed by atoms with Crippen LogP contribution in [0.25, 0.3) is 0 Å². The molecule has 1 aliphatic rings. The smallest absolute Gasteiger partial charge is 0.410 e. The zero-order chi connectivity index (χ0) is 17.0. The molecule has 0 bridgehead atoms. The highest BCUT2D eigenvalue weighted by Crippen LogP contribution is 2.23. The number of methoxy groups -OCH3 is 1. The Morgan fingerprint density at radius 1 is 1.30 bits per heavy atom. The van der Waals surface area contributed by atoms with E-state index in [0.29, 0.717) is 19.0 Å². The number of halogens is 1. The Morgan fingerprint density at radius 2 is 1.96 bits per heavy atom. The van der Waals surface area contributed by atoms with E-state index in [9.17, 15) is 4.79 Å². The number of hydrogen-bond donors (Lipinski definition) is 0. The summed E-state index contributed by atoms with van der Waals surface area (Å²) in [6.07, 6.45) is 1.52. The van der Waals surface area contributed by atoms with Crippen molar-refractivity contribution in [2.75, 3.05) is 33.3 Å². The maximum atomic E-state index is 12.1. The van der Waals surface area contributed by atoms with E-state index in [1.165, 1.54) is 0 Å². The van der Waals surface area contributed by atoms with Gasteiger partial charge in [-0.2, -0.15) is 0 Å². The number of amides is 1. The summed E-state index contributed by atoms with van der Waals surface area (Å²) in [4.78, 5) is 20.4. The van der Waals surface area contributed by atoms with Gasteiger partial charge in [-0.15, -0.1) is 0 Å². The molecule has 0 unspecified atom stereocenters. The van der Waals surface area contributed by atoms with Gasteiger partial charge in [-0.25, -0.2) is 9.78 Å². The molecular formula is C16H24IN3O3. The van der Waals surface area contributed by atoms with E-state index in [-0.39, 0.29) is 6.09 Å². The second kappa shape index (κ2) is 7.65. The topological polar surface area (TPSA) is 54.9 Å². The van der Waals surface area contributed by atoms with Crippen molar-refractivity contribution in [3.05, 3.63) is 21.4 Å². The standard InChI is InChI=1S/C16H24IN3O3/c1-16(2,3)23-15(21)20-9-7-19(8-10-20)11-12-13(17)5-6-18-14(12)22-4/h5-6H,7-11H2,1-4H3. The van der Waals surface area contributed by atoms with Crippen LogP contribution in [-0.4, -0.2) is 59.8 Å². The van der Waals surface area contributed by atoms with E-state index >= 15 is 0 Å². The minimum absolute atomic E-state index is 0.231. The van der Waals surface area contributed by atoms with Crippen LogP contribution in [-0.2, 0) is 11.3 Å². The molecule has 0 N–H and O–H groups in total. The molecule has 0 spiro atoms. The molecule has 0 aromatic carbocycles. The van der Waals surface area contributed by atoms with Gasteiger partial charge in [0.25, 0.3) is 0 Å². The van der Waals surface area contributed by atoms with Gasteiger partial charge in [-0.05, 0) is 49.4 Å². The maximum absolute atomic E-state index is 12.1. The van der Waals surface area contributed by atoms with Crippen LogP contribution < -0.4 is 4.74 Å². The van der Waals surface area contributed by atoms with E-state index < -0.39 is 5.60 Å². The summed E-state index contributed by atoms with van der Waals surface area (Å²) in [5, 5.41) is 0. The third-order valence-electron chi connectivity index (χ3n) is 3.56. The molecule has 7 heteroatoms. The zero-order valence-corrected chi connectivity index (χ0v) is 16.3. The number of carbonyl (C=O) groups is 1. The highest BCUT2D eigenvalue weighted by molar-refractivity contribution is 14.1. The lowest BCUT2D eigenvalue weighted by atomic mass is 10.2. The summed E-state index contributed by atoms with van der Waals surface area (Å²) >= 11 is 2.30. The second-order valence-corrected chi connectivity index (χ2v) is 7.69. The fourth-order valence-electron chi connectivity index (χ4n) is 2.41. The molecule has 0 aliphatic carbocycles. The van der Waals surface area contributed by atoms with Gasteiger partial charge in [-0.3, -0.25) is 4.90 Å². The molecule has 6 nitrogen and oxygen atoms in total. The van der Waals surface area contributed by atoms with Crippen LogP contribution in [0, 0.1) is 3.57 Å². The molecule has 2 heterocycles. The molecule has 0 saturated carbocycles. The van der Waals surface area contributed by atoms with Crippen molar-refractivity contribution in [1.29, 1.82) is 0 Å². The van der Waals surface area contributed by atoms with Gasteiger partial charge in [-0.1, -0.05) is 0 Å². The Kier molecular flexibility index (Phi) is 6.07. The number of aromatic nitrogens is 1. The average Bonchev–Trinajstić information content (AvgIpc) is 2.48. The van der Waals surface area contributed by atoms with Gasteiger partial charge in [0.1, 0.15) is 5.60 Å². The van der Waals surface area contributed by atoms with E-state index in [1.807, 2.05) is 26.8 Å². The zero-order valence-electron chi connectivity index (χ0n) is 14.1. The van der Waals surface area contributed by atoms with Gasteiger partial charge in [0, 0.05) is 48.1 Å². The second-order valence-electron chi connectivity index (χ2n) is 6.52. The third kappa shape index (κ3) is 5.20. The van der Waals surface area contributed by atoms with E-state index in [0.717, 1.165) is 28.8 Å². The molecule has 1 amide bonds. The highest BCUT2D eigenvalue weighted by Gasteiger charge is 2.26. The molecule has 0 radical (unpaired) electrons. The summed E-state index contributed by atoms with van der Waals surface area (Å²) in [6.45, 7) is 9.41. The number of piperazine rings is 1. The Morgan fingerprint density at radius 3 is 2.52 bits per heavy atom. The van der Waals surface area contributed by atoms with Crippen LogP contribution in [0.2, 0.25) is 0 Å². The maximum Gasteiger partial charge on any atom is 0.410 e. The monoisotopic (exact) mass is 433 g/mol. The molecule has 1 aromatic heterocycles. The van der Waals surface area contributed by atoms with Crippen molar-refractivity contribution in [3.63, 3.8) is 0 Å². The molecule has 1 aromatic rings. The Hall–Kier alpha value is -1.09. The molecule has 23 heavy (non-hydrogen) atoms. The third-order valence-corrected chi connectivity index (χ3v) is 4.57. The number of hydrogen-bond acceptors (Lipinski definition) is 5. The Balaban J connectivity index is 1.92. The van der Waals surface area contributed by atoms with Gasteiger partial charge in [0.2, 0.25) is 5.88 Å². The van der Waals surface area contributed by atoms with Crippen molar-refractivity contribution in [1.82, 2.24) is 14.8 Å². The van der Waals surface area contributed by atoms with E-state index in [1.54, 1.807) is 18.2 Å². The predicted octanol–water partition coefficient (Wildman–Crippen LogP) is 2.75. The van der Waals surface area contributed by atoms with Gasteiger partial charge in [0.05, 0.1) is 7.11 Å². The highest BCUT2D eigenvalue weighted by atomic mass is 127. The number of rotatable bonds is 3. The minimum atomic E-state index is -0.451. The fourth-order valence-corrected chi connectivity index (χ4v) is 2.97. The summed E-state index contributed by atoms with van der Waals surface area (Å²) in [5.41, 5.74) is 0.647. The summed E-state index contributed by atoms with van der Waals surface area (Å²) in [5.74, 6) is 0.673. The van der Waals surface area contributed by atoms with E-state index in [2.05, 4.69) is 32.5 Å². The SMILES string of the molecule is COc1nccc(I)c1CN1CCN(C(=O)OC(C)(C)C)CC1. The predicted molar refractivity (Wildman–Crippen MR) is 96.6 cm³/mol. The van der Waals surface area contributed by atoms with Crippen LogP contribution in [0.3, 0.4) is 0 Å². The van der Waals surface area contributed by atoms with E-state index in [4.69, 9.17) is 9.47 Å². The fraction of sp³-hybridized carbons (Fsp3) is 0.625. The first-order valence-corrected chi connectivity index (χ1v) is 8.75. The molecular weight excluding hydrogens is 409 g/mol. The number of nitrogens with zero attached hydrogens (tertiary/aromatic N) is 3. The van der Waals surface area contributed by atoms with Crippen molar-refractivity contribution in [2.45, 2.75) is 32.9 Å². The van der Waals surface area contributed by atoms with Crippen LogP contribution in [0.15, 0.2) is 12.3 Å². The van der Waals surface area contributed by atoms with Crippen molar-refractivity contribution in [3.8, 4) is 5.88 Å². The number of carbonyl (C=O) groups excluding carboxylic acids is 1. The van der Waals surface area contributed by atoms with Crippen LogP contribution in [0.1, 0.15) is 26.3 Å². The first-order chi connectivity index (χ1) is 10.8. The summed E-state index contributed by atoms with van der Waals surface area (Å²) in [7, 11) is 1.64. The largest absolute Gasteiger partial charge is 0.481 e.